The van der Waals surface area contributed by atoms with E-state index in [2.05, 4.69) is 42.2 Å². The van der Waals surface area contributed by atoms with Crippen molar-refractivity contribution in [2.24, 2.45) is 0 Å². The first-order valence-electron chi connectivity index (χ1n) is 6.97. The van der Waals surface area contributed by atoms with E-state index in [-0.39, 0.29) is 5.41 Å². The Morgan fingerprint density at radius 2 is 2.25 bits per heavy atom. The van der Waals surface area contributed by atoms with Crippen molar-refractivity contribution in [1.82, 2.24) is 10.2 Å². The van der Waals surface area contributed by atoms with Gasteiger partial charge in [0, 0.05) is 31.2 Å². The van der Waals surface area contributed by atoms with Crippen molar-refractivity contribution in [3.8, 4) is 0 Å². The summed E-state index contributed by atoms with van der Waals surface area (Å²) >= 11 is 0. The molecule has 0 aromatic heterocycles. The lowest BCUT2D eigenvalue weighted by atomic mass is 9.79. The van der Waals surface area contributed by atoms with E-state index in [4.69, 9.17) is 5.11 Å². The number of rotatable bonds is 2. The minimum absolute atomic E-state index is 0.0790. The molecule has 1 amide bonds. The molecule has 1 fully saturated rings. The van der Waals surface area contributed by atoms with Crippen molar-refractivity contribution in [3.05, 3.63) is 29.3 Å². The van der Waals surface area contributed by atoms with Gasteiger partial charge >= 0.3 is 6.09 Å². The minimum atomic E-state index is -0.973. The van der Waals surface area contributed by atoms with E-state index < -0.39 is 6.09 Å². The normalized spacial score (nSPS) is 28.4. The van der Waals surface area contributed by atoms with Gasteiger partial charge in [-0.15, -0.1) is 0 Å². The number of anilines is 1. The Kier molecular flexibility index (Phi) is 2.90. The van der Waals surface area contributed by atoms with Gasteiger partial charge in [-0.2, -0.15) is 0 Å². The standard InChI is InChI=1S/C15H21N3O2/c1-15-7-8-17(2)13(15)18(3)11-6-4-5-10(12(11)15)9-16-14(19)20/h4-6,13,16H,7-9H2,1-3H3,(H,19,20)/t13-,15+/m1/s1. The van der Waals surface area contributed by atoms with Crippen LogP contribution < -0.4 is 10.2 Å². The quantitative estimate of drug-likeness (QED) is 0.864. The van der Waals surface area contributed by atoms with Crippen molar-refractivity contribution < 1.29 is 9.90 Å². The number of hydrogen-bond donors (Lipinski definition) is 2. The van der Waals surface area contributed by atoms with E-state index in [1.165, 1.54) is 11.3 Å². The summed E-state index contributed by atoms with van der Waals surface area (Å²) in [6, 6.07) is 6.18. The number of likely N-dealkylation sites (tertiary alicyclic amines) is 1. The van der Waals surface area contributed by atoms with Crippen LogP contribution in [0.1, 0.15) is 24.5 Å². The molecule has 1 saturated heterocycles. The summed E-state index contributed by atoms with van der Waals surface area (Å²) < 4.78 is 0. The van der Waals surface area contributed by atoms with Crippen LogP contribution in [0.3, 0.4) is 0 Å². The number of amides is 1. The number of nitrogens with zero attached hydrogens (tertiary/aromatic N) is 2. The molecule has 0 saturated carbocycles. The molecule has 5 nitrogen and oxygen atoms in total. The maximum Gasteiger partial charge on any atom is 0.404 e. The van der Waals surface area contributed by atoms with Gasteiger partial charge in [-0.1, -0.05) is 19.1 Å². The van der Waals surface area contributed by atoms with Gasteiger partial charge in [0.2, 0.25) is 0 Å². The molecule has 2 heterocycles. The van der Waals surface area contributed by atoms with E-state index in [0.717, 1.165) is 18.5 Å². The summed E-state index contributed by atoms with van der Waals surface area (Å²) in [4.78, 5) is 15.5. The summed E-state index contributed by atoms with van der Waals surface area (Å²) in [5, 5.41) is 11.3. The zero-order chi connectivity index (χ0) is 14.5. The lowest BCUT2D eigenvalue weighted by Crippen LogP contribution is -2.45. The average molecular weight is 275 g/mol. The first kappa shape index (κ1) is 13.2. The molecular formula is C15H21N3O2. The van der Waals surface area contributed by atoms with Gasteiger partial charge in [0.1, 0.15) is 0 Å². The molecular weight excluding hydrogens is 254 g/mol. The Labute approximate surface area is 119 Å². The molecule has 0 spiro atoms. The molecule has 2 aliphatic rings. The van der Waals surface area contributed by atoms with E-state index >= 15 is 0 Å². The molecule has 0 unspecified atom stereocenters. The Bertz CT molecular complexity index is 560. The number of benzene rings is 1. The van der Waals surface area contributed by atoms with Crippen LogP contribution in [0.5, 0.6) is 0 Å². The highest BCUT2D eigenvalue weighted by atomic mass is 16.4. The number of nitrogens with one attached hydrogen (secondary N) is 1. The predicted octanol–water partition coefficient (Wildman–Crippen LogP) is 1.82. The van der Waals surface area contributed by atoms with E-state index in [0.29, 0.717) is 12.7 Å². The summed E-state index contributed by atoms with van der Waals surface area (Å²) in [5.74, 6) is 0. The topological polar surface area (TPSA) is 55.8 Å². The fraction of sp³-hybridized carbons (Fsp3) is 0.533. The summed E-state index contributed by atoms with van der Waals surface area (Å²) in [6.07, 6.45) is 0.498. The van der Waals surface area contributed by atoms with E-state index in [1.807, 2.05) is 12.1 Å². The van der Waals surface area contributed by atoms with Crippen LogP contribution in [-0.2, 0) is 12.0 Å². The number of hydrogen-bond acceptors (Lipinski definition) is 3. The van der Waals surface area contributed by atoms with Gasteiger partial charge in [0.05, 0.1) is 6.17 Å². The van der Waals surface area contributed by atoms with Crippen molar-refractivity contribution in [3.63, 3.8) is 0 Å². The van der Waals surface area contributed by atoms with Gasteiger partial charge in [-0.05, 0) is 30.7 Å². The van der Waals surface area contributed by atoms with Gasteiger partial charge in [-0.3, -0.25) is 4.90 Å². The summed E-state index contributed by atoms with van der Waals surface area (Å²) in [6.45, 7) is 3.75. The highest BCUT2D eigenvalue weighted by Crippen LogP contribution is 2.52. The number of carbonyl (C=O) groups is 1. The molecule has 3 rings (SSSR count). The Balaban J connectivity index is 2.06. The minimum Gasteiger partial charge on any atom is -0.465 e. The first-order chi connectivity index (χ1) is 9.45. The SMILES string of the molecule is CN1CC[C@@]2(C)c3c(CNC(=O)O)cccc3N(C)[C@@H]12. The molecule has 2 atom stereocenters. The summed E-state index contributed by atoms with van der Waals surface area (Å²) in [7, 11) is 4.29. The Morgan fingerprint density at radius 1 is 1.50 bits per heavy atom. The summed E-state index contributed by atoms with van der Waals surface area (Å²) in [5.41, 5.74) is 3.71. The van der Waals surface area contributed by atoms with Crippen LogP contribution in [-0.4, -0.2) is 42.9 Å². The van der Waals surface area contributed by atoms with Crippen molar-refractivity contribution in [2.45, 2.75) is 31.5 Å². The fourth-order valence-electron chi connectivity index (χ4n) is 4.11. The van der Waals surface area contributed by atoms with E-state index in [1.54, 1.807) is 0 Å². The lowest BCUT2D eigenvalue weighted by molar-refractivity contribution is 0.194. The zero-order valence-electron chi connectivity index (χ0n) is 12.2. The monoisotopic (exact) mass is 275 g/mol. The number of likely N-dealkylation sites (N-methyl/N-ethyl adjacent to an activating group) is 2. The fourth-order valence-corrected chi connectivity index (χ4v) is 4.11. The highest BCUT2D eigenvalue weighted by Gasteiger charge is 2.52. The van der Waals surface area contributed by atoms with Gasteiger partial charge in [-0.25, -0.2) is 4.79 Å². The molecule has 0 bridgehead atoms. The van der Waals surface area contributed by atoms with E-state index in [9.17, 15) is 4.79 Å². The Hall–Kier alpha value is -1.75. The Morgan fingerprint density at radius 3 is 2.95 bits per heavy atom. The number of fused-ring (bicyclic) bond motifs is 3. The second kappa shape index (κ2) is 4.38. The van der Waals surface area contributed by atoms with Crippen LogP contribution >= 0.6 is 0 Å². The molecule has 0 radical (unpaired) electrons. The molecule has 0 aliphatic carbocycles. The molecule has 20 heavy (non-hydrogen) atoms. The maximum absolute atomic E-state index is 10.8. The molecule has 1 aromatic carbocycles. The largest absolute Gasteiger partial charge is 0.465 e. The third kappa shape index (κ3) is 1.69. The van der Waals surface area contributed by atoms with Gasteiger partial charge < -0.3 is 15.3 Å². The average Bonchev–Trinajstić information content (AvgIpc) is 2.82. The number of carboxylic acid groups (broad SMARTS) is 1. The first-order valence-corrected chi connectivity index (χ1v) is 6.97. The van der Waals surface area contributed by atoms with Crippen LogP contribution in [0.2, 0.25) is 0 Å². The van der Waals surface area contributed by atoms with Crippen molar-refractivity contribution in [1.29, 1.82) is 0 Å². The van der Waals surface area contributed by atoms with Crippen LogP contribution in [0.15, 0.2) is 18.2 Å². The molecule has 1 aromatic rings. The third-order valence-corrected chi connectivity index (χ3v) is 4.85. The lowest BCUT2D eigenvalue weighted by Gasteiger charge is -2.32. The third-order valence-electron chi connectivity index (χ3n) is 4.85. The molecule has 2 N–H and O–H groups in total. The second-order valence-electron chi connectivity index (χ2n) is 6.10. The van der Waals surface area contributed by atoms with Crippen LogP contribution in [0, 0.1) is 0 Å². The second-order valence-corrected chi connectivity index (χ2v) is 6.10. The van der Waals surface area contributed by atoms with Crippen LogP contribution in [0.4, 0.5) is 10.5 Å². The van der Waals surface area contributed by atoms with Crippen molar-refractivity contribution >= 4 is 11.8 Å². The van der Waals surface area contributed by atoms with Gasteiger partial charge in [0.25, 0.3) is 0 Å². The van der Waals surface area contributed by atoms with Crippen LogP contribution in [0.25, 0.3) is 0 Å². The smallest absolute Gasteiger partial charge is 0.404 e. The van der Waals surface area contributed by atoms with Crippen molar-refractivity contribution in [2.75, 3.05) is 25.5 Å². The molecule has 2 aliphatic heterocycles. The molecule has 108 valence electrons. The highest BCUT2D eigenvalue weighted by molar-refractivity contribution is 5.68. The van der Waals surface area contributed by atoms with Gasteiger partial charge in [0.15, 0.2) is 0 Å². The molecule has 5 heteroatoms. The zero-order valence-corrected chi connectivity index (χ0v) is 12.2. The maximum atomic E-state index is 10.8. The predicted molar refractivity (Wildman–Crippen MR) is 78.1 cm³/mol.